The van der Waals surface area contributed by atoms with Crippen molar-refractivity contribution in [2.75, 3.05) is 11.4 Å². The number of anilines is 1. The number of aromatic nitrogens is 2. The van der Waals surface area contributed by atoms with Crippen LogP contribution in [0.25, 0.3) is 17.1 Å². The molecule has 4 nitrogen and oxygen atoms in total. The minimum absolute atomic E-state index is 0.0739. The van der Waals surface area contributed by atoms with Gasteiger partial charge in [-0.05, 0) is 48.2 Å². The van der Waals surface area contributed by atoms with Gasteiger partial charge >= 0.3 is 0 Å². The second kappa shape index (κ2) is 10.1. The predicted molar refractivity (Wildman–Crippen MR) is 140 cm³/mol. The molecule has 0 spiro atoms. The van der Waals surface area contributed by atoms with Crippen molar-refractivity contribution in [3.63, 3.8) is 0 Å². The van der Waals surface area contributed by atoms with Gasteiger partial charge in [0.15, 0.2) is 0 Å². The summed E-state index contributed by atoms with van der Waals surface area (Å²) in [6.07, 6.45) is 8.28. The van der Waals surface area contributed by atoms with E-state index in [4.69, 9.17) is 4.98 Å². The minimum Gasteiger partial charge on any atom is -0.324 e. The van der Waals surface area contributed by atoms with Gasteiger partial charge in [0, 0.05) is 31.1 Å². The average molecular weight is 450 g/mol. The molecule has 4 aromatic rings. The molecule has 5 rings (SSSR count). The summed E-state index contributed by atoms with van der Waals surface area (Å²) in [5.41, 5.74) is 5.59. The molecule has 0 N–H and O–H groups in total. The van der Waals surface area contributed by atoms with E-state index in [9.17, 15) is 4.79 Å². The summed E-state index contributed by atoms with van der Waals surface area (Å²) in [4.78, 5) is 19.9. The number of carbonyl (C=O) groups excluding carboxylic acids is 1. The number of carbonyl (C=O) groups is 1. The first kappa shape index (κ1) is 22.1. The van der Waals surface area contributed by atoms with Crippen LogP contribution in [0.1, 0.15) is 49.1 Å². The molecule has 1 fully saturated rings. The average Bonchev–Trinajstić information content (AvgIpc) is 3.44. The van der Waals surface area contributed by atoms with E-state index in [-0.39, 0.29) is 11.8 Å². The Morgan fingerprint density at radius 3 is 2.53 bits per heavy atom. The number of amides is 1. The highest BCUT2D eigenvalue weighted by molar-refractivity contribution is 5.96. The van der Waals surface area contributed by atoms with Gasteiger partial charge in [0.05, 0.1) is 11.0 Å². The van der Waals surface area contributed by atoms with E-state index in [2.05, 4.69) is 78.2 Å². The molecule has 0 aliphatic carbocycles. The summed E-state index contributed by atoms with van der Waals surface area (Å²) >= 11 is 0. The van der Waals surface area contributed by atoms with Crippen LogP contribution in [-0.2, 0) is 17.8 Å². The fourth-order valence-electron chi connectivity index (χ4n) is 4.81. The molecule has 34 heavy (non-hydrogen) atoms. The van der Waals surface area contributed by atoms with Crippen molar-refractivity contribution >= 4 is 28.7 Å². The van der Waals surface area contributed by atoms with Crippen molar-refractivity contribution in [1.82, 2.24) is 9.55 Å². The Balaban J connectivity index is 1.39. The second-order valence-electron chi connectivity index (χ2n) is 9.06. The third kappa shape index (κ3) is 4.67. The normalized spacial score (nSPS) is 16.2. The van der Waals surface area contributed by atoms with Crippen molar-refractivity contribution in [3.8, 4) is 0 Å². The van der Waals surface area contributed by atoms with Gasteiger partial charge in [-0.15, -0.1) is 0 Å². The van der Waals surface area contributed by atoms with Crippen molar-refractivity contribution in [2.24, 2.45) is 0 Å². The zero-order valence-corrected chi connectivity index (χ0v) is 19.7. The summed E-state index contributed by atoms with van der Waals surface area (Å²) in [6.45, 7) is 3.60. The number of allylic oxidation sites excluding steroid dienone is 1. The Morgan fingerprint density at radius 1 is 0.971 bits per heavy atom. The molecule has 0 saturated carbocycles. The first-order chi connectivity index (χ1) is 16.7. The van der Waals surface area contributed by atoms with Crippen LogP contribution in [0.15, 0.2) is 84.9 Å². The summed E-state index contributed by atoms with van der Waals surface area (Å²) in [5, 5.41) is 0. The van der Waals surface area contributed by atoms with E-state index in [0.717, 1.165) is 35.5 Å². The van der Waals surface area contributed by atoms with Gasteiger partial charge in [-0.3, -0.25) is 4.79 Å². The van der Waals surface area contributed by atoms with E-state index in [1.807, 2.05) is 29.2 Å². The van der Waals surface area contributed by atoms with E-state index < -0.39 is 0 Å². The largest absolute Gasteiger partial charge is 0.324 e. The Bertz CT molecular complexity index is 1290. The Hall–Kier alpha value is -3.66. The fraction of sp³-hybridized carbons (Fsp3) is 0.267. The van der Waals surface area contributed by atoms with Crippen molar-refractivity contribution < 1.29 is 4.79 Å². The van der Waals surface area contributed by atoms with Gasteiger partial charge in [-0.25, -0.2) is 4.98 Å². The number of aryl methyl sites for hydroxylation is 1. The van der Waals surface area contributed by atoms with Crippen molar-refractivity contribution in [2.45, 2.75) is 45.1 Å². The lowest BCUT2D eigenvalue weighted by molar-refractivity contribution is -0.117. The van der Waals surface area contributed by atoms with Gasteiger partial charge in [-0.2, -0.15) is 0 Å². The molecule has 1 aliphatic rings. The number of hydrogen-bond acceptors (Lipinski definition) is 2. The maximum atomic E-state index is 13.0. The molecule has 4 heteroatoms. The van der Waals surface area contributed by atoms with Gasteiger partial charge in [0.1, 0.15) is 5.82 Å². The lowest BCUT2D eigenvalue weighted by atomic mass is 10.1. The second-order valence-corrected chi connectivity index (χ2v) is 9.06. The van der Waals surface area contributed by atoms with E-state index in [1.165, 1.54) is 24.0 Å². The summed E-state index contributed by atoms with van der Waals surface area (Å²) < 4.78 is 2.27. The summed E-state index contributed by atoms with van der Waals surface area (Å²) in [7, 11) is 0. The standard InChI is InChI=1S/C30H31N3O/c1-2-3-10-24-16-18-26(19-17-24)33-22-25(21-29(33)34)30-31-27-14-7-8-15-28(27)32(30)20-9-13-23-11-5-4-6-12-23/h4-9,11-19,25H,2-3,10,20-22H2,1H3/b13-9+. The fourth-order valence-corrected chi connectivity index (χ4v) is 4.81. The monoisotopic (exact) mass is 449 g/mol. The number of nitrogens with zero attached hydrogens (tertiary/aromatic N) is 3. The number of unbranched alkanes of at least 4 members (excludes halogenated alkanes) is 1. The van der Waals surface area contributed by atoms with Gasteiger partial charge in [-0.1, -0.05) is 80.1 Å². The van der Waals surface area contributed by atoms with Crippen LogP contribution >= 0.6 is 0 Å². The van der Waals surface area contributed by atoms with Crippen LogP contribution in [-0.4, -0.2) is 22.0 Å². The minimum atomic E-state index is 0.0739. The quantitative estimate of drug-likeness (QED) is 0.303. The molecular weight excluding hydrogens is 418 g/mol. The number of hydrogen-bond donors (Lipinski definition) is 0. The van der Waals surface area contributed by atoms with Crippen LogP contribution < -0.4 is 4.90 Å². The number of para-hydroxylation sites is 2. The third-order valence-electron chi connectivity index (χ3n) is 6.64. The molecule has 1 aliphatic heterocycles. The predicted octanol–water partition coefficient (Wildman–Crippen LogP) is 6.61. The van der Waals surface area contributed by atoms with Crippen LogP contribution in [0, 0.1) is 0 Å². The Kier molecular flexibility index (Phi) is 6.57. The van der Waals surface area contributed by atoms with E-state index >= 15 is 0 Å². The Morgan fingerprint density at radius 2 is 1.74 bits per heavy atom. The lowest BCUT2D eigenvalue weighted by Crippen LogP contribution is -2.24. The van der Waals surface area contributed by atoms with Crippen LogP contribution in [0.4, 0.5) is 5.69 Å². The highest BCUT2D eigenvalue weighted by Crippen LogP contribution is 2.33. The zero-order chi connectivity index (χ0) is 23.3. The molecule has 1 atom stereocenters. The van der Waals surface area contributed by atoms with E-state index in [1.54, 1.807) is 0 Å². The highest BCUT2D eigenvalue weighted by atomic mass is 16.2. The molecule has 0 bridgehead atoms. The maximum Gasteiger partial charge on any atom is 0.227 e. The maximum absolute atomic E-state index is 13.0. The summed E-state index contributed by atoms with van der Waals surface area (Å²) in [5.74, 6) is 1.24. The number of rotatable bonds is 8. The molecule has 2 heterocycles. The lowest BCUT2D eigenvalue weighted by Gasteiger charge is -2.17. The molecule has 1 amide bonds. The SMILES string of the molecule is CCCCc1ccc(N2CC(c3nc4ccccc4n3C/C=C/c3ccccc3)CC2=O)cc1. The summed E-state index contributed by atoms with van der Waals surface area (Å²) in [6, 6.07) is 27.1. The number of fused-ring (bicyclic) bond motifs is 1. The van der Waals surface area contributed by atoms with E-state index in [0.29, 0.717) is 13.0 Å². The first-order valence-electron chi connectivity index (χ1n) is 12.3. The molecular formula is C30H31N3O. The molecule has 3 aromatic carbocycles. The topological polar surface area (TPSA) is 38.1 Å². The van der Waals surface area contributed by atoms with Gasteiger partial charge in [0.25, 0.3) is 0 Å². The van der Waals surface area contributed by atoms with Gasteiger partial charge < -0.3 is 9.47 Å². The number of imidazole rings is 1. The zero-order valence-electron chi connectivity index (χ0n) is 19.7. The molecule has 172 valence electrons. The van der Waals surface area contributed by atoms with Gasteiger partial charge in [0.2, 0.25) is 5.91 Å². The molecule has 1 aromatic heterocycles. The smallest absolute Gasteiger partial charge is 0.227 e. The molecule has 1 saturated heterocycles. The molecule has 0 radical (unpaired) electrons. The third-order valence-corrected chi connectivity index (χ3v) is 6.64. The molecule has 1 unspecified atom stereocenters. The van der Waals surface area contributed by atoms with Crippen molar-refractivity contribution in [1.29, 1.82) is 0 Å². The van der Waals surface area contributed by atoms with Crippen molar-refractivity contribution in [3.05, 3.63) is 102 Å². The number of benzene rings is 3. The Labute approximate surface area is 201 Å². The van der Waals surface area contributed by atoms with Crippen LogP contribution in [0.5, 0.6) is 0 Å². The highest BCUT2D eigenvalue weighted by Gasteiger charge is 2.34. The first-order valence-corrected chi connectivity index (χ1v) is 12.3. The van der Waals surface area contributed by atoms with Crippen LogP contribution in [0.3, 0.4) is 0 Å². The van der Waals surface area contributed by atoms with Crippen LogP contribution in [0.2, 0.25) is 0 Å².